The minimum Gasteiger partial charge on any atom is -0.479 e. The molecule has 0 aromatic rings. The van der Waals surface area contributed by atoms with Crippen LogP contribution in [0.1, 0.15) is 51.9 Å². The first-order chi connectivity index (χ1) is 14.8. The van der Waals surface area contributed by atoms with E-state index in [0.29, 0.717) is 18.8 Å². The second kappa shape index (κ2) is 7.39. The Morgan fingerprint density at radius 3 is 2.84 bits per heavy atom. The van der Waals surface area contributed by atoms with Crippen molar-refractivity contribution in [1.29, 1.82) is 0 Å². The third-order valence-corrected chi connectivity index (χ3v) is 9.17. The molecule has 170 valence electrons. The van der Waals surface area contributed by atoms with E-state index < -0.39 is 30.9 Å². The van der Waals surface area contributed by atoms with Crippen LogP contribution in [-0.2, 0) is 19.2 Å². The highest BCUT2D eigenvalue weighted by Gasteiger charge is 2.71. The minimum atomic E-state index is -1.05. The molecule has 3 N–H and O–H groups in total. The van der Waals surface area contributed by atoms with E-state index in [0.717, 1.165) is 37.8 Å². The van der Waals surface area contributed by atoms with Crippen LogP contribution in [0.5, 0.6) is 0 Å². The second-order valence-electron chi connectivity index (χ2n) is 10.3. The molecule has 0 amide bonds. The number of ether oxygens (including phenoxy) is 1. The minimum absolute atomic E-state index is 0.0747. The molecule has 1 saturated heterocycles. The number of fused-ring (bicyclic) bond motifs is 6. The Hall–Kier alpha value is -1.77. The lowest BCUT2D eigenvalue weighted by atomic mass is 9.46. The van der Waals surface area contributed by atoms with Crippen molar-refractivity contribution in [3.63, 3.8) is 0 Å². The van der Waals surface area contributed by atoms with E-state index in [1.54, 1.807) is 0 Å². The average Bonchev–Trinajstić information content (AvgIpc) is 3.26. The molecule has 4 fully saturated rings. The van der Waals surface area contributed by atoms with E-state index in [1.165, 1.54) is 5.57 Å². The number of rotatable bonds is 5. The molecule has 0 aromatic heterocycles. The molecule has 8 nitrogen and oxygen atoms in total. The zero-order valence-electron chi connectivity index (χ0n) is 17.8. The van der Waals surface area contributed by atoms with Crippen molar-refractivity contribution < 1.29 is 34.5 Å². The lowest BCUT2D eigenvalue weighted by Gasteiger charge is -2.57. The van der Waals surface area contributed by atoms with Crippen LogP contribution < -0.4 is 0 Å². The Labute approximate surface area is 181 Å². The normalized spacial score (nSPS) is 46.7. The first kappa shape index (κ1) is 21.1. The number of aliphatic hydroxyl groups is 2. The van der Waals surface area contributed by atoms with Gasteiger partial charge >= 0.3 is 5.97 Å². The number of allylic oxidation sites excluding steroid dienone is 2. The van der Waals surface area contributed by atoms with Crippen molar-refractivity contribution in [2.24, 2.45) is 39.7 Å². The highest BCUT2D eigenvalue weighted by Crippen LogP contribution is 2.71. The van der Waals surface area contributed by atoms with Crippen molar-refractivity contribution in [3.05, 3.63) is 11.6 Å². The Kier molecular flexibility index (Phi) is 5.03. The quantitative estimate of drug-likeness (QED) is 0.565. The van der Waals surface area contributed by atoms with Gasteiger partial charge in [0.25, 0.3) is 0 Å². The summed E-state index contributed by atoms with van der Waals surface area (Å²) in [5, 5.41) is 33.3. The molecule has 4 unspecified atom stereocenters. The van der Waals surface area contributed by atoms with Gasteiger partial charge in [0, 0.05) is 11.3 Å². The Bertz CT molecular complexity index is 853. The number of ketones is 1. The number of hydrogen-bond acceptors (Lipinski definition) is 7. The van der Waals surface area contributed by atoms with Gasteiger partial charge < -0.3 is 24.9 Å². The van der Waals surface area contributed by atoms with Crippen molar-refractivity contribution in [1.82, 2.24) is 0 Å². The number of carbonyl (C=O) groups excluding carboxylic acids is 1. The average molecular weight is 434 g/mol. The predicted octanol–water partition coefficient (Wildman–Crippen LogP) is 1.89. The van der Waals surface area contributed by atoms with Crippen LogP contribution in [-0.4, -0.2) is 58.4 Å². The first-order valence-corrected chi connectivity index (χ1v) is 11.4. The Morgan fingerprint density at radius 1 is 1.29 bits per heavy atom. The van der Waals surface area contributed by atoms with Gasteiger partial charge in [-0.05, 0) is 74.2 Å². The summed E-state index contributed by atoms with van der Waals surface area (Å²) in [5.74, 6) is -0.630. The molecule has 3 saturated carbocycles. The van der Waals surface area contributed by atoms with E-state index in [-0.39, 0.29) is 35.1 Å². The molecule has 2 bridgehead atoms. The van der Waals surface area contributed by atoms with Gasteiger partial charge in [-0.3, -0.25) is 4.79 Å². The third-order valence-electron chi connectivity index (χ3n) is 9.17. The second-order valence-corrected chi connectivity index (χ2v) is 10.3. The monoisotopic (exact) mass is 433 g/mol. The smallest absolute Gasteiger partial charge is 0.344 e. The number of Topliss-reactive ketones (excluding diaryl/α,β-unsaturated/α-hetero) is 1. The van der Waals surface area contributed by atoms with E-state index in [2.05, 4.69) is 18.2 Å². The fraction of sp³-hybridized carbons (Fsp3) is 0.783. The molecule has 1 spiro atoms. The van der Waals surface area contributed by atoms with Crippen molar-refractivity contribution in [2.75, 3.05) is 13.2 Å². The molecule has 8 heteroatoms. The lowest BCUT2D eigenvalue weighted by molar-refractivity contribution is -0.160. The molecular weight excluding hydrogens is 402 g/mol. The van der Waals surface area contributed by atoms with Crippen molar-refractivity contribution >= 4 is 17.5 Å². The lowest BCUT2D eigenvalue weighted by Crippen LogP contribution is -2.55. The van der Waals surface area contributed by atoms with Gasteiger partial charge in [-0.15, -0.1) is 0 Å². The zero-order chi connectivity index (χ0) is 22.0. The van der Waals surface area contributed by atoms with Crippen LogP contribution in [0.3, 0.4) is 0 Å². The van der Waals surface area contributed by atoms with Crippen molar-refractivity contribution in [2.45, 2.75) is 64.3 Å². The highest BCUT2D eigenvalue weighted by atomic mass is 16.6. The van der Waals surface area contributed by atoms with Gasteiger partial charge in [-0.25, -0.2) is 4.79 Å². The third kappa shape index (κ3) is 2.94. The summed E-state index contributed by atoms with van der Waals surface area (Å²) < 4.78 is 6.19. The summed E-state index contributed by atoms with van der Waals surface area (Å²) in [6.45, 7) is 1.37. The number of aliphatic hydroxyl groups excluding tert-OH is 2. The van der Waals surface area contributed by atoms with Gasteiger partial charge in [-0.2, -0.15) is 0 Å². The molecule has 4 aliphatic carbocycles. The van der Waals surface area contributed by atoms with Crippen LogP contribution in [0.4, 0.5) is 0 Å². The maximum absolute atomic E-state index is 12.5. The summed E-state index contributed by atoms with van der Waals surface area (Å²) in [6, 6.07) is 0. The van der Waals surface area contributed by atoms with Gasteiger partial charge in [0.2, 0.25) is 6.61 Å². The number of carboxylic acids is 1. The molecule has 31 heavy (non-hydrogen) atoms. The van der Waals surface area contributed by atoms with E-state index in [9.17, 15) is 19.8 Å². The predicted molar refractivity (Wildman–Crippen MR) is 109 cm³/mol. The molecule has 8 atom stereocenters. The molecule has 1 heterocycles. The first-order valence-electron chi connectivity index (χ1n) is 11.4. The number of nitrogens with zero attached hydrogens (tertiary/aromatic N) is 1. The standard InChI is InChI=1S/C23H31NO7/c1-22-7-6-13(24-30-11-19(27)28)8-12(22)2-3-14-15-4-5-16(17(26)10-25)23(15)9-18(20(14)22)31-21(23)29/h8,14-16,18,20-21,25,29H,2-7,9-11H2,1H3,(H,27,28)/b24-13+/t14?,15?,16?,18-,20?,21-,22-,23+/m0/s1. The van der Waals surface area contributed by atoms with E-state index in [1.807, 2.05) is 0 Å². The molecule has 1 aliphatic heterocycles. The molecule has 0 aromatic carbocycles. The van der Waals surface area contributed by atoms with E-state index >= 15 is 0 Å². The van der Waals surface area contributed by atoms with Crippen LogP contribution in [0, 0.1) is 34.5 Å². The highest BCUT2D eigenvalue weighted by molar-refractivity contribution is 5.96. The SMILES string of the molecule is C[C@]12CC/C(=N\OCC(=O)O)C=C1CCC1C3CCC(C(=O)CO)[C@@]34C[C@H](O[C@@H]4O)C12. The van der Waals surface area contributed by atoms with Gasteiger partial charge in [-0.1, -0.05) is 17.7 Å². The maximum atomic E-state index is 12.5. The van der Waals surface area contributed by atoms with Gasteiger partial charge in [0.15, 0.2) is 12.1 Å². The number of oxime groups is 1. The van der Waals surface area contributed by atoms with Gasteiger partial charge in [0.1, 0.15) is 6.61 Å². The molecule has 0 radical (unpaired) electrons. The summed E-state index contributed by atoms with van der Waals surface area (Å²) in [7, 11) is 0. The van der Waals surface area contributed by atoms with Crippen LogP contribution >= 0.6 is 0 Å². The van der Waals surface area contributed by atoms with Crippen LogP contribution in [0.2, 0.25) is 0 Å². The maximum Gasteiger partial charge on any atom is 0.344 e. The topological polar surface area (TPSA) is 126 Å². The molecular formula is C23H31NO7. The van der Waals surface area contributed by atoms with E-state index in [4.69, 9.17) is 14.7 Å². The fourth-order valence-corrected chi connectivity index (χ4v) is 8.05. The Balaban J connectivity index is 1.45. The number of carbonyl (C=O) groups is 2. The van der Waals surface area contributed by atoms with Crippen molar-refractivity contribution in [3.8, 4) is 0 Å². The largest absolute Gasteiger partial charge is 0.479 e. The molecule has 5 rings (SSSR count). The summed E-state index contributed by atoms with van der Waals surface area (Å²) in [4.78, 5) is 28.1. The fourth-order valence-electron chi connectivity index (χ4n) is 8.05. The summed E-state index contributed by atoms with van der Waals surface area (Å²) in [5.41, 5.74) is 1.46. The van der Waals surface area contributed by atoms with Gasteiger partial charge in [0.05, 0.1) is 11.8 Å². The number of carboxylic acid groups (broad SMARTS) is 1. The molecule has 5 aliphatic rings. The van der Waals surface area contributed by atoms with Crippen LogP contribution in [0.15, 0.2) is 16.8 Å². The Morgan fingerprint density at radius 2 is 2.10 bits per heavy atom. The van der Waals surface area contributed by atoms with Crippen LogP contribution in [0.25, 0.3) is 0 Å². The summed E-state index contributed by atoms with van der Waals surface area (Å²) >= 11 is 0. The zero-order valence-corrected chi connectivity index (χ0v) is 17.8. The number of aliphatic carboxylic acids is 1. The number of hydrogen-bond donors (Lipinski definition) is 3. The summed E-state index contributed by atoms with van der Waals surface area (Å²) in [6.07, 6.45) is 6.81.